The zero-order valence-corrected chi connectivity index (χ0v) is 36.3. The summed E-state index contributed by atoms with van der Waals surface area (Å²) in [6.45, 7) is 5.83. The molecule has 5 N–H and O–H groups in total. The van der Waals surface area contributed by atoms with Crippen molar-refractivity contribution in [3.05, 3.63) is 106 Å². The van der Waals surface area contributed by atoms with E-state index in [-0.39, 0.29) is 53.8 Å². The quantitative estimate of drug-likeness (QED) is 0.134. The molecular weight excluding hydrogens is 817 g/mol. The number of methoxy groups -OCH3 is 4. The van der Waals surface area contributed by atoms with Gasteiger partial charge in [-0.15, -0.1) is 0 Å². The fourth-order valence-corrected chi connectivity index (χ4v) is 9.73. The van der Waals surface area contributed by atoms with Gasteiger partial charge in [-0.05, 0) is 95.8 Å². The third-order valence-electron chi connectivity index (χ3n) is 13.2. The van der Waals surface area contributed by atoms with Crippen LogP contribution in [0.25, 0.3) is 0 Å². The summed E-state index contributed by atoms with van der Waals surface area (Å²) in [7, 11) is 6.46. The van der Waals surface area contributed by atoms with Gasteiger partial charge < -0.3 is 72.9 Å². The molecule has 13 atom stereocenters. The molecule has 5 heterocycles. The Kier molecular flexibility index (Phi) is 13.7. The monoisotopic (exact) mass is 874 g/mol. The number of benzene rings is 4. The molecule has 4 aromatic rings. The summed E-state index contributed by atoms with van der Waals surface area (Å²) in [4.78, 5) is 0. The topological polar surface area (TPSA) is 193 Å². The summed E-state index contributed by atoms with van der Waals surface area (Å²) in [5, 5.41) is 49.8. The van der Waals surface area contributed by atoms with Crippen molar-refractivity contribution in [2.45, 2.75) is 69.0 Å². The molecule has 15 nitrogen and oxygen atoms in total. The number of hydrogen-bond donors (Lipinski definition) is 5. The van der Waals surface area contributed by atoms with Gasteiger partial charge in [0, 0.05) is 23.7 Å². The zero-order valence-electron chi connectivity index (χ0n) is 36.3. The number of phenols is 1. The molecule has 9 rings (SSSR count). The van der Waals surface area contributed by atoms with Gasteiger partial charge in [0.15, 0.2) is 23.0 Å². The van der Waals surface area contributed by atoms with Crippen molar-refractivity contribution in [1.82, 2.24) is 0 Å². The van der Waals surface area contributed by atoms with Crippen molar-refractivity contribution in [2.75, 3.05) is 61.5 Å². The first-order valence-corrected chi connectivity index (χ1v) is 21.3. The van der Waals surface area contributed by atoms with Crippen LogP contribution in [0.2, 0.25) is 0 Å². The average Bonchev–Trinajstić information content (AvgIpc) is 4.10. The maximum Gasteiger partial charge on any atom is 0.229 e. The second-order valence-electron chi connectivity index (χ2n) is 16.8. The fourth-order valence-electron chi connectivity index (χ4n) is 9.73. The number of rotatable bonds is 11. The molecule has 0 aromatic heterocycles. The van der Waals surface area contributed by atoms with E-state index >= 15 is 0 Å². The summed E-state index contributed by atoms with van der Waals surface area (Å²) in [5.41, 5.74) is 6.01. The third kappa shape index (κ3) is 8.78. The number of phenolic OH excluding ortho intramolecular Hbond substituents is 1. The van der Waals surface area contributed by atoms with Gasteiger partial charge in [0.2, 0.25) is 6.29 Å². The summed E-state index contributed by atoms with van der Waals surface area (Å²) in [6, 6.07) is 23.2. The van der Waals surface area contributed by atoms with Crippen LogP contribution in [0.1, 0.15) is 57.8 Å². The van der Waals surface area contributed by atoms with E-state index in [1.165, 1.54) is 7.11 Å². The molecule has 5 aliphatic rings. The van der Waals surface area contributed by atoms with E-state index in [1.807, 2.05) is 56.3 Å². The highest BCUT2D eigenvalue weighted by Crippen LogP contribution is 2.53. The maximum absolute atomic E-state index is 10.3. The van der Waals surface area contributed by atoms with Crippen molar-refractivity contribution in [3.8, 4) is 34.5 Å². The van der Waals surface area contributed by atoms with Gasteiger partial charge in [0.1, 0.15) is 35.9 Å². The van der Waals surface area contributed by atoms with Crippen LogP contribution in [0.15, 0.2) is 72.8 Å². The normalized spacial score (nSPS) is 32.0. The first-order chi connectivity index (χ1) is 30.5. The van der Waals surface area contributed by atoms with Crippen LogP contribution < -0.4 is 23.7 Å². The molecule has 5 fully saturated rings. The minimum absolute atomic E-state index is 0.0282. The molecule has 0 saturated carbocycles. The molecule has 340 valence electrons. The summed E-state index contributed by atoms with van der Waals surface area (Å²) in [5.74, 6) is 4.23. The predicted molar refractivity (Wildman–Crippen MR) is 226 cm³/mol. The van der Waals surface area contributed by atoms with Gasteiger partial charge >= 0.3 is 0 Å². The molecule has 0 spiro atoms. The maximum atomic E-state index is 10.3. The molecule has 6 unspecified atom stereocenters. The lowest BCUT2D eigenvalue weighted by atomic mass is 9.84. The van der Waals surface area contributed by atoms with Gasteiger partial charge in [-0.25, -0.2) is 0 Å². The number of ether oxygens (including phenoxy) is 10. The van der Waals surface area contributed by atoms with E-state index < -0.39 is 37.3 Å². The minimum Gasteiger partial charge on any atom is -0.504 e. The number of aliphatic hydroxyl groups excluding tert-OH is 4. The highest BCUT2D eigenvalue weighted by molar-refractivity contribution is 5.45. The van der Waals surface area contributed by atoms with Gasteiger partial charge in [0.25, 0.3) is 0 Å². The number of aromatic hydroxyl groups is 1. The van der Waals surface area contributed by atoms with Crippen molar-refractivity contribution >= 4 is 0 Å². The van der Waals surface area contributed by atoms with Crippen molar-refractivity contribution in [1.29, 1.82) is 0 Å². The van der Waals surface area contributed by atoms with E-state index in [2.05, 4.69) is 12.1 Å². The molecule has 0 amide bonds. The molecule has 5 aliphatic heterocycles. The van der Waals surface area contributed by atoms with Crippen LogP contribution in [0, 0.1) is 37.5 Å². The van der Waals surface area contributed by atoms with Crippen molar-refractivity contribution < 1.29 is 72.9 Å². The Hall–Kier alpha value is -4.68. The predicted octanol–water partition coefficient (Wildman–Crippen LogP) is 5.06. The lowest BCUT2D eigenvalue weighted by Gasteiger charge is -2.39. The zero-order chi connectivity index (χ0) is 44.5. The molecular formula is C48H58O15. The molecule has 63 heavy (non-hydrogen) atoms. The Bertz CT molecular complexity index is 2200. The SMILES string of the molecule is COc1ccc([C@@H]2OCC3C2CO[C@@H]3c2ccc(OC)c(OC)c2)cc1O.COc1ccc([C@H]2OCC3C2CO[C@H]3c2ccc(O[C@@H]3OC(CO)[C@@H](O)[C@H](O)C3O)c(C)c2)cc1C. The molecule has 0 aliphatic carbocycles. The standard InChI is InChI=1S/C27H34O9.C21H24O6/c1-13-8-15(4-6-19(13)32-3)25-17-11-34-26(18(17)12-33-25)16-5-7-20(14(2)9-16)35-27-24(31)23(30)22(29)21(10-28)36-27;1-23-17-6-4-12(8-16(17)22)20-14-10-27-21(15(14)11-26-20)13-5-7-18(24-2)19(9-13)25-3/h4-9,17-18,21-31H,10-12H2,1-3H3;4-9,14-15,20-22H,10-11H2,1-3H3/t17?,18?,21?,22-,23+,24?,25-,26+,27-;14?,15?,20-,21+/m10/s1. The van der Waals surface area contributed by atoms with Crippen molar-refractivity contribution in [3.63, 3.8) is 0 Å². The molecule has 0 radical (unpaired) electrons. The van der Waals surface area contributed by atoms with Crippen LogP contribution in [0.4, 0.5) is 0 Å². The summed E-state index contributed by atoms with van der Waals surface area (Å²) in [6.07, 6.45) is -6.93. The van der Waals surface area contributed by atoms with Gasteiger partial charge in [-0.3, -0.25) is 0 Å². The van der Waals surface area contributed by atoms with Crippen LogP contribution in [-0.4, -0.2) is 118 Å². The number of fused-ring (bicyclic) bond motifs is 2. The van der Waals surface area contributed by atoms with Crippen LogP contribution >= 0.6 is 0 Å². The second-order valence-corrected chi connectivity index (χ2v) is 16.8. The summed E-state index contributed by atoms with van der Waals surface area (Å²) >= 11 is 0. The number of hydrogen-bond acceptors (Lipinski definition) is 15. The Labute approximate surface area is 366 Å². The van der Waals surface area contributed by atoms with E-state index in [9.17, 15) is 25.5 Å². The Balaban J connectivity index is 0.000000180. The first-order valence-electron chi connectivity index (χ1n) is 21.3. The van der Waals surface area contributed by atoms with Crippen LogP contribution in [0.5, 0.6) is 34.5 Å². The smallest absolute Gasteiger partial charge is 0.229 e. The number of aliphatic hydroxyl groups is 4. The highest BCUT2D eigenvalue weighted by atomic mass is 16.7. The van der Waals surface area contributed by atoms with Gasteiger partial charge in [0.05, 0.1) is 85.9 Å². The van der Waals surface area contributed by atoms with Crippen LogP contribution in [0.3, 0.4) is 0 Å². The largest absolute Gasteiger partial charge is 0.504 e. The molecule has 0 bridgehead atoms. The second kappa shape index (κ2) is 19.2. The summed E-state index contributed by atoms with van der Waals surface area (Å²) < 4.78 is 57.3. The Morgan fingerprint density at radius 1 is 0.492 bits per heavy atom. The number of aryl methyl sites for hydroxylation is 2. The first kappa shape index (κ1) is 44.9. The van der Waals surface area contributed by atoms with Gasteiger partial charge in [-0.2, -0.15) is 0 Å². The van der Waals surface area contributed by atoms with Crippen LogP contribution in [-0.2, 0) is 23.7 Å². The lowest BCUT2D eigenvalue weighted by molar-refractivity contribution is -0.277. The van der Waals surface area contributed by atoms with Gasteiger partial charge in [-0.1, -0.05) is 24.3 Å². The highest BCUT2D eigenvalue weighted by Gasteiger charge is 2.50. The molecule has 15 heteroatoms. The van der Waals surface area contributed by atoms with E-state index in [4.69, 9.17) is 47.4 Å². The average molecular weight is 875 g/mol. The third-order valence-corrected chi connectivity index (χ3v) is 13.2. The Morgan fingerprint density at radius 2 is 0.905 bits per heavy atom. The van der Waals surface area contributed by atoms with Crippen molar-refractivity contribution in [2.24, 2.45) is 23.7 Å². The lowest BCUT2D eigenvalue weighted by Crippen LogP contribution is -2.60. The molecule has 4 aromatic carbocycles. The van der Waals surface area contributed by atoms with E-state index in [0.29, 0.717) is 49.4 Å². The fraction of sp³-hybridized carbons (Fsp3) is 0.500. The molecule has 5 saturated heterocycles. The van der Waals surface area contributed by atoms with E-state index in [0.717, 1.165) is 39.1 Å². The minimum atomic E-state index is -1.49. The van der Waals surface area contributed by atoms with E-state index in [1.54, 1.807) is 39.5 Å². The Morgan fingerprint density at radius 3 is 1.33 bits per heavy atom.